The van der Waals surface area contributed by atoms with Gasteiger partial charge >= 0.3 is 0 Å². The second-order valence-corrected chi connectivity index (χ2v) is 8.32. The molecule has 0 aliphatic heterocycles. The molecule has 0 saturated heterocycles. The van der Waals surface area contributed by atoms with Crippen molar-refractivity contribution in [3.05, 3.63) is 64.6 Å². The fraction of sp³-hybridized carbons (Fsp3) is 0.409. The van der Waals surface area contributed by atoms with Crippen molar-refractivity contribution in [3.8, 4) is 0 Å². The van der Waals surface area contributed by atoms with Crippen LogP contribution in [0, 0.1) is 5.92 Å². The van der Waals surface area contributed by atoms with Crippen molar-refractivity contribution in [3.63, 3.8) is 0 Å². The maximum Gasteiger partial charge on any atom is 0.227 e. The lowest BCUT2D eigenvalue weighted by molar-refractivity contribution is -0.124. The quantitative estimate of drug-likeness (QED) is 0.657. The number of thioether (sulfide) groups is 1. The first kappa shape index (κ1) is 18.1. The summed E-state index contributed by atoms with van der Waals surface area (Å²) in [5, 5.41) is 5.21. The number of allylic oxidation sites excluding steroid dienone is 2. The second-order valence-electron chi connectivity index (χ2n) is 7.34. The van der Waals surface area contributed by atoms with E-state index in [1.54, 1.807) is 11.8 Å². The number of carbonyl (C=O) groups excluding carboxylic acids is 1. The number of carbonyl (C=O) groups is 1. The van der Waals surface area contributed by atoms with E-state index >= 15 is 0 Å². The third-order valence-corrected chi connectivity index (χ3v) is 6.30. The molecule has 132 valence electrons. The predicted molar refractivity (Wildman–Crippen MR) is 108 cm³/mol. The van der Waals surface area contributed by atoms with Gasteiger partial charge in [-0.15, -0.1) is 0 Å². The molecule has 3 rings (SSSR count). The topological polar surface area (TPSA) is 29.1 Å². The van der Waals surface area contributed by atoms with Gasteiger partial charge in [0, 0.05) is 4.91 Å². The Labute approximate surface area is 155 Å². The highest BCUT2D eigenvalue weighted by Crippen LogP contribution is 2.46. The van der Waals surface area contributed by atoms with Gasteiger partial charge in [-0.3, -0.25) is 4.79 Å². The summed E-state index contributed by atoms with van der Waals surface area (Å²) < 4.78 is 0. The van der Waals surface area contributed by atoms with Crippen LogP contribution in [0.1, 0.15) is 57.6 Å². The summed E-state index contributed by atoms with van der Waals surface area (Å²) >= 11 is 1.66. The van der Waals surface area contributed by atoms with Crippen molar-refractivity contribution in [2.75, 3.05) is 0 Å². The minimum absolute atomic E-state index is 0.0676. The molecule has 0 radical (unpaired) electrons. The van der Waals surface area contributed by atoms with E-state index in [0.717, 1.165) is 25.7 Å². The highest BCUT2D eigenvalue weighted by Gasteiger charge is 2.46. The molecule has 0 bridgehead atoms. The first-order valence-corrected chi connectivity index (χ1v) is 9.89. The first-order chi connectivity index (χ1) is 12.0. The van der Waals surface area contributed by atoms with Crippen LogP contribution in [-0.2, 0) is 10.3 Å². The molecular weight excluding hydrogens is 326 g/mol. The minimum Gasteiger partial charge on any atom is -0.346 e. The van der Waals surface area contributed by atoms with E-state index in [2.05, 4.69) is 63.0 Å². The summed E-state index contributed by atoms with van der Waals surface area (Å²) in [4.78, 5) is 13.9. The summed E-state index contributed by atoms with van der Waals surface area (Å²) in [7, 11) is 0. The lowest BCUT2D eigenvalue weighted by Gasteiger charge is -2.22. The Kier molecular flexibility index (Phi) is 5.24. The van der Waals surface area contributed by atoms with Crippen LogP contribution < -0.4 is 5.32 Å². The highest BCUT2D eigenvalue weighted by atomic mass is 32.2. The van der Waals surface area contributed by atoms with Crippen LogP contribution in [0.2, 0.25) is 0 Å². The molecule has 2 aliphatic rings. The van der Waals surface area contributed by atoms with Crippen molar-refractivity contribution in [2.45, 2.75) is 52.0 Å². The van der Waals surface area contributed by atoms with E-state index in [1.807, 2.05) is 5.41 Å². The molecule has 1 fully saturated rings. The fourth-order valence-corrected chi connectivity index (χ4v) is 4.29. The molecule has 2 nitrogen and oxygen atoms in total. The number of hydrogen-bond donors (Lipinski definition) is 1. The van der Waals surface area contributed by atoms with Crippen molar-refractivity contribution in [1.82, 2.24) is 5.32 Å². The Balaban J connectivity index is 1.75. The number of benzene rings is 1. The molecular formula is C22H27NOS. The maximum absolute atomic E-state index is 12.7. The van der Waals surface area contributed by atoms with E-state index in [9.17, 15) is 4.79 Å². The smallest absolute Gasteiger partial charge is 0.227 e. The Bertz CT molecular complexity index is 734. The van der Waals surface area contributed by atoms with Crippen molar-refractivity contribution in [1.29, 1.82) is 0 Å². The molecule has 1 amide bonds. The van der Waals surface area contributed by atoms with Gasteiger partial charge in [-0.2, -0.15) is 0 Å². The highest BCUT2D eigenvalue weighted by molar-refractivity contribution is 8.10. The molecule has 1 atom stereocenters. The van der Waals surface area contributed by atoms with Gasteiger partial charge in [-0.1, -0.05) is 59.8 Å². The van der Waals surface area contributed by atoms with Crippen molar-refractivity contribution >= 4 is 22.6 Å². The van der Waals surface area contributed by atoms with E-state index in [-0.39, 0.29) is 17.4 Å². The van der Waals surface area contributed by atoms with Gasteiger partial charge in [0.1, 0.15) is 0 Å². The number of rotatable bonds is 6. The van der Waals surface area contributed by atoms with Crippen LogP contribution in [0.25, 0.3) is 4.91 Å². The summed E-state index contributed by atoms with van der Waals surface area (Å²) in [6.45, 7) is 10.2. The van der Waals surface area contributed by atoms with Crippen LogP contribution in [0.15, 0.2) is 53.5 Å². The van der Waals surface area contributed by atoms with Crippen molar-refractivity contribution in [2.24, 2.45) is 5.92 Å². The summed E-state index contributed by atoms with van der Waals surface area (Å²) in [5.41, 5.74) is 4.80. The van der Waals surface area contributed by atoms with Crippen LogP contribution >= 0.6 is 11.8 Å². The molecule has 1 unspecified atom stereocenters. The molecule has 1 aromatic rings. The summed E-state index contributed by atoms with van der Waals surface area (Å²) in [6, 6.07) is 8.68. The monoisotopic (exact) mass is 353 g/mol. The second kappa shape index (κ2) is 7.25. The molecule has 0 aromatic heterocycles. The lowest BCUT2D eigenvalue weighted by Crippen LogP contribution is -2.38. The van der Waals surface area contributed by atoms with E-state index < -0.39 is 0 Å². The Morgan fingerprint density at radius 3 is 2.44 bits per heavy atom. The standard InChI is InChI=1S/C22H27NOS/c1-5-25-20(15(2)3)17-9-11-18(12-10-17)22(13-14-22)23-21(24)19-8-6-7-16(19)4/h5,7,9-12,19H,1,6,8,13-14H2,2-4H3,(H,23,24). The van der Waals surface area contributed by atoms with Crippen LogP contribution in [0.4, 0.5) is 0 Å². The third kappa shape index (κ3) is 3.77. The van der Waals surface area contributed by atoms with Gasteiger partial charge in [0.25, 0.3) is 0 Å². The van der Waals surface area contributed by atoms with Crippen molar-refractivity contribution < 1.29 is 4.79 Å². The van der Waals surface area contributed by atoms with Crippen LogP contribution in [0.5, 0.6) is 0 Å². The Morgan fingerprint density at radius 2 is 1.96 bits per heavy atom. The van der Waals surface area contributed by atoms with Gasteiger partial charge in [0.05, 0.1) is 11.5 Å². The van der Waals surface area contributed by atoms with Crippen LogP contribution in [-0.4, -0.2) is 5.91 Å². The number of nitrogens with one attached hydrogen (secondary N) is 1. The minimum atomic E-state index is -0.144. The van der Waals surface area contributed by atoms with E-state index in [4.69, 9.17) is 0 Å². The zero-order valence-corrected chi connectivity index (χ0v) is 16.2. The molecule has 25 heavy (non-hydrogen) atoms. The first-order valence-electron chi connectivity index (χ1n) is 9.01. The zero-order chi connectivity index (χ0) is 18.0. The fourth-order valence-electron chi connectivity index (χ4n) is 3.62. The Morgan fingerprint density at radius 1 is 1.28 bits per heavy atom. The molecule has 1 aromatic carbocycles. The molecule has 0 heterocycles. The lowest BCUT2D eigenvalue weighted by atomic mass is 9.98. The molecule has 2 aliphatic carbocycles. The van der Waals surface area contributed by atoms with E-state index in [0.29, 0.717) is 0 Å². The number of amides is 1. The molecule has 1 N–H and O–H groups in total. The molecule has 1 saturated carbocycles. The van der Waals surface area contributed by atoms with Gasteiger partial charge in [-0.25, -0.2) is 0 Å². The van der Waals surface area contributed by atoms with Gasteiger partial charge in [-0.05, 0) is 63.0 Å². The van der Waals surface area contributed by atoms with Gasteiger partial charge < -0.3 is 5.32 Å². The Hall–Kier alpha value is -1.74. The van der Waals surface area contributed by atoms with Gasteiger partial charge in [0.2, 0.25) is 5.91 Å². The third-order valence-electron chi connectivity index (χ3n) is 5.26. The van der Waals surface area contributed by atoms with E-state index in [1.165, 1.54) is 27.2 Å². The van der Waals surface area contributed by atoms with Crippen LogP contribution in [0.3, 0.4) is 0 Å². The summed E-state index contributed by atoms with van der Waals surface area (Å²) in [5.74, 6) is 0.262. The van der Waals surface area contributed by atoms with Gasteiger partial charge in [0.15, 0.2) is 0 Å². The normalized spacial score (nSPS) is 20.6. The zero-order valence-electron chi connectivity index (χ0n) is 15.4. The predicted octanol–water partition coefficient (Wildman–Crippen LogP) is 5.78. The molecule has 0 spiro atoms. The average Bonchev–Trinajstić information content (AvgIpc) is 3.24. The number of hydrogen-bond acceptors (Lipinski definition) is 2. The summed E-state index contributed by atoms with van der Waals surface area (Å²) in [6.07, 6.45) is 6.24. The SMILES string of the molecule is C=CSC(=C(C)C)c1ccc(C2(NC(=O)C3CCC=C3C)CC2)cc1. The largest absolute Gasteiger partial charge is 0.346 e. The average molecular weight is 354 g/mol. The molecule has 3 heteroatoms. The maximum atomic E-state index is 12.7.